The Balaban J connectivity index is 2.15. The number of nitrogens with one attached hydrogen (secondary N) is 2. The van der Waals surface area contributed by atoms with Gasteiger partial charge in [0, 0.05) is 20.0 Å². The van der Waals surface area contributed by atoms with E-state index in [9.17, 15) is 27.9 Å². The van der Waals surface area contributed by atoms with Gasteiger partial charge in [0.25, 0.3) is 5.91 Å². The van der Waals surface area contributed by atoms with Crippen molar-refractivity contribution in [1.82, 2.24) is 14.9 Å². The highest BCUT2D eigenvalue weighted by molar-refractivity contribution is 7.89. The number of hydrogen-bond donors (Lipinski definition) is 3. The van der Waals surface area contributed by atoms with Crippen molar-refractivity contribution in [2.75, 3.05) is 20.2 Å². The molecule has 3 amide bonds. The number of benzene rings is 1. The maximum absolute atomic E-state index is 13.0. The van der Waals surface area contributed by atoms with Crippen molar-refractivity contribution in [3.63, 3.8) is 0 Å². The molecule has 11 heteroatoms. The molecule has 10 nitrogen and oxygen atoms in total. The molecule has 0 aromatic heterocycles. The van der Waals surface area contributed by atoms with Crippen LogP contribution in [0.5, 0.6) is 0 Å². The van der Waals surface area contributed by atoms with Gasteiger partial charge in [0.15, 0.2) is 6.61 Å². The van der Waals surface area contributed by atoms with Crippen molar-refractivity contribution in [1.29, 1.82) is 0 Å². The molecule has 0 bridgehead atoms. The lowest BCUT2D eigenvalue weighted by Crippen LogP contribution is -2.43. The first-order valence-corrected chi connectivity index (χ1v) is 9.95. The average molecular weight is 413 g/mol. The van der Waals surface area contributed by atoms with Gasteiger partial charge >= 0.3 is 12.0 Å². The first kappa shape index (κ1) is 21.8. The van der Waals surface area contributed by atoms with Crippen molar-refractivity contribution < 1.29 is 32.6 Å². The Morgan fingerprint density at radius 1 is 1.25 bits per heavy atom. The number of aliphatic hydroxyl groups excluding tert-OH is 1. The van der Waals surface area contributed by atoms with Crippen molar-refractivity contribution in [3.05, 3.63) is 29.3 Å². The lowest BCUT2D eigenvalue weighted by molar-refractivity contribution is -0.151. The van der Waals surface area contributed by atoms with E-state index in [4.69, 9.17) is 4.74 Å². The second-order valence-corrected chi connectivity index (χ2v) is 8.35. The summed E-state index contributed by atoms with van der Waals surface area (Å²) in [7, 11) is -2.75. The number of ether oxygens (including phenoxy) is 1. The molecule has 1 fully saturated rings. The molecular weight excluding hydrogens is 390 g/mol. The van der Waals surface area contributed by atoms with Gasteiger partial charge < -0.3 is 15.2 Å². The number of sulfonamides is 1. The molecule has 0 aliphatic carbocycles. The zero-order valence-corrected chi connectivity index (χ0v) is 16.6. The molecule has 1 aliphatic rings. The van der Waals surface area contributed by atoms with Crippen LogP contribution in [0.3, 0.4) is 0 Å². The lowest BCUT2D eigenvalue weighted by Gasteiger charge is -2.22. The number of aliphatic hydroxyl groups is 1. The molecule has 0 saturated carbocycles. The molecule has 2 atom stereocenters. The van der Waals surface area contributed by atoms with Gasteiger partial charge in [-0.25, -0.2) is 13.2 Å². The largest absolute Gasteiger partial charge is 0.454 e. The smallest absolute Gasteiger partial charge is 0.325 e. The summed E-state index contributed by atoms with van der Waals surface area (Å²) in [5.74, 6) is -1.84. The predicted octanol–water partition coefficient (Wildman–Crippen LogP) is -0.574. The molecular formula is C17H23N3O7S. The highest BCUT2D eigenvalue weighted by Crippen LogP contribution is 2.28. The minimum Gasteiger partial charge on any atom is -0.454 e. The predicted molar refractivity (Wildman–Crippen MR) is 97.8 cm³/mol. The van der Waals surface area contributed by atoms with Crippen molar-refractivity contribution >= 4 is 27.9 Å². The first-order chi connectivity index (χ1) is 13.1. The van der Waals surface area contributed by atoms with E-state index in [1.807, 2.05) is 12.2 Å². The molecule has 1 heterocycles. The SMILES string of the molecule is CNC(=O)NC(=O)COC(=O)[C@@H]1CC(O)CN1S(=O)(=O)c1ccc(C)c(C)c1. The summed E-state index contributed by atoms with van der Waals surface area (Å²) in [4.78, 5) is 34.9. The summed E-state index contributed by atoms with van der Waals surface area (Å²) in [6, 6.07) is 2.55. The number of nitrogens with zero attached hydrogens (tertiary/aromatic N) is 1. The molecule has 0 radical (unpaired) electrons. The molecule has 1 saturated heterocycles. The summed E-state index contributed by atoms with van der Waals surface area (Å²) < 4.78 is 31.6. The highest BCUT2D eigenvalue weighted by atomic mass is 32.2. The summed E-state index contributed by atoms with van der Waals surface area (Å²) in [5, 5.41) is 14.0. The van der Waals surface area contributed by atoms with Crippen LogP contribution in [0.4, 0.5) is 4.79 Å². The Labute approximate surface area is 162 Å². The van der Waals surface area contributed by atoms with E-state index < -0.39 is 46.7 Å². The van der Waals surface area contributed by atoms with Crippen LogP contribution >= 0.6 is 0 Å². The molecule has 0 spiro atoms. The molecule has 2 rings (SSSR count). The number of rotatable bonds is 5. The van der Waals surface area contributed by atoms with Crippen LogP contribution in [0.2, 0.25) is 0 Å². The first-order valence-electron chi connectivity index (χ1n) is 8.51. The zero-order valence-electron chi connectivity index (χ0n) is 15.8. The number of hydrogen-bond acceptors (Lipinski definition) is 7. The molecule has 154 valence electrons. The minimum atomic E-state index is -4.06. The van der Waals surface area contributed by atoms with Crippen LogP contribution in [-0.4, -0.2) is 68.1 Å². The van der Waals surface area contributed by atoms with Crippen LogP contribution in [0.15, 0.2) is 23.1 Å². The molecule has 1 aliphatic heterocycles. The van der Waals surface area contributed by atoms with Crippen LogP contribution in [0, 0.1) is 13.8 Å². The lowest BCUT2D eigenvalue weighted by atomic mass is 10.1. The second-order valence-electron chi connectivity index (χ2n) is 6.46. The van der Waals surface area contributed by atoms with Crippen molar-refractivity contribution in [3.8, 4) is 0 Å². The van der Waals surface area contributed by atoms with Gasteiger partial charge in [-0.05, 0) is 37.1 Å². The third kappa shape index (κ3) is 4.86. The van der Waals surface area contributed by atoms with E-state index in [1.54, 1.807) is 13.0 Å². The number of urea groups is 1. The molecule has 1 aromatic rings. The number of carbonyl (C=O) groups is 3. The number of aryl methyl sites for hydroxylation is 2. The van der Waals surface area contributed by atoms with Gasteiger partial charge in [0.05, 0.1) is 11.0 Å². The third-order valence-corrected chi connectivity index (χ3v) is 6.29. The second kappa shape index (κ2) is 8.67. The maximum atomic E-state index is 13.0. The summed E-state index contributed by atoms with van der Waals surface area (Å²) >= 11 is 0. The van der Waals surface area contributed by atoms with Gasteiger partial charge in [0.2, 0.25) is 10.0 Å². The van der Waals surface area contributed by atoms with Gasteiger partial charge in [-0.2, -0.15) is 4.31 Å². The fraction of sp³-hybridized carbons (Fsp3) is 0.471. The third-order valence-electron chi connectivity index (χ3n) is 4.42. The average Bonchev–Trinajstić information content (AvgIpc) is 3.04. The summed E-state index contributed by atoms with van der Waals surface area (Å²) in [6.45, 7) is 2.59. The number of amides is 3. The monoisotopic (exact) mass is 413 g/mol. The van der Waals surface area contributed by atoms with Crippen LogP contribution in [-0.2, 0) is 24.3 Å². The van der Waals surface area contributed by atoms with E-state index in [0.717, 1.165) is 15.4 Å². The zero-order chi connectivity index (χ0) is 21.1. The Kier molecular flexibility index (Phi) is 6.75. The van der Waals surface area contributed by atoms with Gasteiger partial charge in [-0.3, -0.25) is 14.9 Å². The van der Waals surface area contributed by atoms with Gasteiger partial charge in [0.1, 0.15) is 6.04 Å². The van der Waals surface area contributed by atoms with E-state index >= 15 is 0 Å². The fourth-order valence-corrected chi connectivity index (χ4v) is 4.44. The van der Waals surface area contributed by atoms with Crippen molar-refractivity contribution in [2.45, 2.75) is 37.3 Å². The number of esters is 1. The number of imide groups is 1. The Morgan fingerprint density at radius 2 is 1.93 bits per heavy atom. The van der Waals surface area contributed by atoms with Crippen LogP contribution < -0.4 is 10.6 Å². The molecule has 1 aromatic carbocycles. The quantitative estimate of drug-likeness (QED) is 0.549. The van der Waals surface area contributed by atoms with Crippen molar-refractivity contribution in [2.24, 2.45) is 0 Å². The van der Waals surface area contributed by atoms with E-state index in [2.05, 4.69) is 5.32 Å². The minimum absolute atomic E-state index is 0.000130. The topological polar surface area (TPSA) is 142 Å². The van der Waals surface area contributed by atoms with Gasteiger partial charge in [-0.1, -0.05) is 6.07 Å². The van der Waals surface area contributed by atoms with E-state index in [-0.39, 0.29) is 17.9 Å². The fourth-order valence-electron chi connectivity index (χ4n) is 2.73. The molecule has 1 unspecified atom stereocenters. The van der Waals surface area contributed by atoms with Gasteiger partial charge in [-0.15, -0.1) is 0 Å². The van der Waals surface area contributed by atoms with E-state index in [0.29, 0.717) is 0 Å². The number of β-amino-alcohol motifs (C(OH)–C–C–N with tert-alkyl or cyclic N) is 1. The molecule has 28 heavy (non-hydrogen) atoms. The standard InChI is InChI=1S/C17H23N3O7S/c1-10-4-5-13(6-11(10)2)28(25,26)20-8-12(21)7-14(20)16(23)27-9-15(22)19-17(24)18-3/h4-6,12,14,21H,7-9H2,1-3H3,(H2,18,19,22,24)/t12?,14-/m0/s1. The Bertz CT molecular complexity index is 885. The van der Waals surface area contributed by atoms with Crippen LogP contribution in [0.1, 0.15) is 17.5 Å². The maximum Gasteiger partial charge on any atom is 0.325 e. The van der Waals surface area contributed by atoms with E-state index in [1.165, 1.54) is 19.2 Å². The van der Waals surface area contributed by atoms with Crippen LogP contribution in [0.25, 0.3) is 0 Å². The highest BCUT2D eigenvalue weighted by Gasteiger charge is 2.44. The Morgan fingerprint density at radius 3 is 2.54 bits per heavy atom. The normalized spacial score (nSPS) is 19.9. The number of carbonyl (C=O) groups excluding carboxylic acids is 3. The molecule has 3 N–H and O–H groups in total. The Hall–Kier alpha value is -2.50. The summed E-state index contributed by atoms with van der Waals surface area (Å²) in [5.41, 5.74) is 1.68. The summed E-state index contributed by atoms with van der Waals surface area (Å²) in [6.07, 6.45) is -1.20.